The number of fused-ring (bicyclic) bond motifs is 1. The maximum Gasteiger partial charge on any atom is 0.229 e. The van der Waals surface area contributed by atoms with Gasteiger partial charge in [0.25, 0.3) is 0 Å². The SMILES string of the molecule is CC.CN.Fc1cnn2c(NCc3ccc(-c4ccccn4)cc3)nc(NC3CCCCC3)nc12. The van der Waals surface area contributed by atoms with E-state index in [4.69, 9.17) is 0 Å². The van der Waals surface area contributed by atoms with Crippen LogP contribution >= 0.6 is 0 Å². The molecule has 8 nitrogen and oxygen atoms in total. The number of nitrogens with zero attached hydrogens (tertiary/aromatic N) is 5. The minimum Gasteiger partial charge on any atom is -0.351 e. The molecule has 0 bridgehead atoms. The first-order valence-electron chi connectivity index (χ1n) is 12.3. The van der Waals surface area contributed by atoms with Crippen LogP contribution < -0.4 is 16.4 Å². The summed E-state index contributed by atoms with van der Waals surface area (Å²) in [5, 5.41) is 10.7. The Labute approximate surface area is 206 Å². The van der Waals surface area contributed by atoms with Gasteiger partial charge in [0.1, 0.15) is 0 Å². The molecule has 1 aliphatic rings. The summed E-state index contributed by atoms with van der Waals surface area (Å²) in [6, 6.07) is 14.4. The fourth-order valence-corrected chi connectivity index (χ4v) is 3.97. The summed E-state index contributed by atoms with van der Waals surface area (Å²) in [4.78, 5) is 13.3. The van der Waals surface area contributed by atoms with Crippen molar-refractivity contribution in [2.45, 2.75) is 58.5 Å². The smallest absolute Gasteiger partial charge is 0.229 e. The highest BCUT2D eigenvalue weighted by molar-refractivity contribution is 5.59. The molecule has 1 fully saturated rings. The molecule has 4 N–H and O–H groups in total. The number of benzene rings is 1. The van der Waals surface area contributed by atoms with Gasteiger partial charge in [0, 0.05) is 24.3 Å². The zero-order chi connectivity index (χ0) is 25.0. The monoisotopic (exact) mass is 478 g/mol. The van der Waals surface area contributed by atoms with E-state index < -0.39 is 5.82 Å². The Hall–Kier alpha value is -3.59. The number of hydrogen-bond acceptors (Lipinski definition) is 7. The molecule has 1 saturated carbocycles. The molecule has 186 valence electrons. The van der Waals surface area contributed by atoms with E-state index in [1.807, 2.05) is 56.3 Å². The third-order valence-electron chi connectivity index (χ3n) is 5.63. The molecule has 35 heavy (non-hydrogen) atoms. The molecule has 5 rings (SSSR count). The molecule has 4 aromatic rings. The van der Waals surface area contributed by atoms with Gasteiger partial charge in [0.05, 0.1) is 11.9 Å². The predicted molar refractivity (Wildman–Crippen MR) is 140 cm³/mol. The maximum atomic E-state index is 14.2. The van der Waals surface area contributed by atoms with E-state index in [0.29, 0.717) is 24.5 Å². The Morgan fingerprint density at radius 3 is 2.43 bits per heavy atom. The van der Waals surface area contributed by atoms with Crippen molar-refractivity contribution >= 4 is 17.5 Å². The first kappa shape index (κ1) is 26.0. The highest BCUT2D eigenvalue weighted by Crippen LogP contribution is 2.22. The molecule has 1 aromatic carbocycles. The Morgan fingerprint density at radius 2 is 1.74 bits per heavy atom. The average Bonchev–Trinajstić information content (AvgIpc) is 3.31. The van der Waals surface area contributed by atoms with E-state index in [2.05, 4.69) is 36.4 Å². The summed E-state index contributed by atoms with van der Waals surface area (Å²) in [6.45, 7) is 4.53. The van der Waals surface area contributed by atoms with Crippen LogP contribution in [0.5, 0.6) is 0 Å². The molecule has 9 heteroatoms. The third-order valence-corrected chi connectivity index (χ3v) is 5.63. The Morgan fingerprint density at radius 1 is 1.00 bits per heavy atom. The van der Waals surface area contributed by atoms with Gasteiger partial charge < -0.3 is 16.4 Å². The Bertz CT molecular complexity index is 1160. The van der Waals surface area contributed by atoms with Gasteiger partial charge in [-0.25, -0.2) is 4.39 Å². The van der Waals surface area contributed by atoms with E-state index in [-0.39, 0.29) is 5.65 Å². The molecule has 0 spiro atoms. The van der Waals surface area contributed by atoms with Crippen LogP contribution in [0.1, 0.15) is 51.5 Å². The van der Waals surface area contributed by atoms with E-state index in [1.54, 1.807) is 6.20 Å². The van der Waals surface area contributed by atoms with E-state index in [1.165, 1.54) is 37.0 Å². The van der Waals surface area contributed by atoms with Gasteiger partial charge in [-0.2, -0.15) is 19.6 Å². The summed E-state index contributed by atoms with van der Waals surface area (Å²) in [5.41, 5.74) is 7.73. The van der Waals surface area contributed by atoms with E-state index in [9.17, 15) is 4.39 Å². The molecule has 3 aromatic heterocycles. The largest absolute Gasteiger partial charge is 0.351 e. The second-order valence-electron chi connectivity index (χ2n) is 7.84. The second kappa shape index (κ2) is 13.3. The van der Waals surface area contributed by atoms with Crippen LogP contribution in [0.3, 0.4) is 0 Å². The van der Waals surface area contributed by atoms with Gasteiger partial charge in [0.2, 0.25) is 11.9 Å². The summed E-state index contributed by atoms with van der Waals surface area (Å²) in [7, 11) is 1.50. The van der Waals surface area contributed by atoms with Crippen molar-refractivity contribution in [1.29, 1.82) is 0 Å². The van der Waals surface area contributed by atoms with E-state index >= 15 is 0 Å². The summed E-state index contributed by atoms with van der Waals surface area (Å²) < 4.78 is 15.6. The number of nitrogens with one attached hydrogen (secondary N) is 2. The van der Waals surface area contributed by atoms with Crippen molar-refractivity contribution in [3.05, 3.63) is 66.2 Å². The summed E-state index contributed by atoms with van der Waals surface area (Å²) in [5.74, 6) is 0.435. The molecule has 0 unspecified atom stereocenters. The minimum absolute atomic E-state index is 0.168. The molecule has 0 atom stereocenters. The lowest BCUT2D eigenvalue weighted by Gasteiger charge is -2.23. The third kappa shape index (κ3) is 6.73. The average molecular weight is 479 g/mol. The van der Waals surface area contributed by atoms with Crippen molar-refractivity contribution in [2.75, 3.05) is 17.7 Å². The van der Waals surface area contributed by atoms with Crippen LogP contribution in [0.25, 0.3) is 16.9 Å². The molecule has 0 aliphatic heterocycles. The van der Waals surface area contributed by atoms with Crippen molar-refractivity contribution in [2.24, 2.45) is 5.73 Å². The van der Waals surface area contributed by atoms with Gasteiger partial charge in [-0.3, -0.25) is 4.98 Å². The summed E-state index contributed by atoms with van der Waals surface area (Å²) >= 11 is 0. The van der Waals surface area contributed by atoms with Crippen LogP contribution in [0.4, 0.5) is 16.3 Å². The predicted octanol–water partition coefficient (Wildman–Crippen LogP) is 5.28. The van der Waals surface area contributed by atoms with Gasteiger partial charge in [-0.1, -0.05) is 63.4 Å². The van der Waals surface area contributed by atoms with Crippen molar-refractivity contribution in [3.8, 4) is 11.3 Å². The normalized spacial score (nSPS) is 13.3. The molecular weight excluding hydrogens is 443 g/mol. The van der Waals surface area contributed by atoms with Crippen molar-refractivity contribution in [1.82, 2.24) is 24.6 Å². The molecule has 0 saturated heterocycles. The quantitative estimate of drug-likeness (QED) is 0.346. The van der Waals surface area contributed by atoms with E-state index in [0.717, 1.165) is 29.7 Å². The highest BCUT2D eigenvalue weighted by Gasteiger charge is 2.17. The first-order chi connectivity index (χ1) is 17.3. The van der Waals surface area contributed by atoms with Gasteiger partial charge in [-0.05, 0) is 37.6 Å². The van der Waals surface area contributed by atoms with Gasteiger partial charge in [0.15, 0.2) is 11.5 Å². The fourth-order valence-electron chi connectivity index (χ4n) is 3.97. The van der Waals surface area contributed by atoms with Gasteiger partial charge >= 0.3 is 0 Å². The molecule has 3 heterocycles. The van der Waals surface area contributed by atoms with Crippen LogP contribution in [-0.4, -0.2) is 37.7 Å². The molecule has 1 aliphatic carbocycles. The van der Waals surface area contributed by atoms with Crippen LogP contribution in [0.15, 0.2) is 54.9 Å². The molecular formula is C26H35FN8. The van der Waals surface area contributed by atoms with Crippen LogP contribution in [0, 0.1) is 5.82 Å². The minimum atomic E-state index is -0.461. The van der Waals surface area contributed by atoms with Crippen LogP contribution in [0.2, 0.25) is 0 Å². The highest BCUT2D eigenvalue weighted by atomic mass is 19.1. The number of pyridine rings is 1. The Balaban J connectivity index is 0.000000815. The Kier molecular flexibility index (Phi) is 9.92. The molecule has 0 radical (unpaired) electrons. The standard InChI is InChI=1S/C23H24FN7.C2H6.CH5N/c24-19-15-27-31-21(19)29-22(28-18-6-2-1-3-7-18)30-23(31)26-14-16-9-11-17(12-10-16)20-8-4-5-13-25-20;2*1-2/h4-5,8-13,15,18H,1-3,6-7,14H2,(H2,26,28,29,30);1-2H3;2H2,1H3. The van der Waals surface area contributed by atoms with Gasteiger partial charge in [-0.15, -0.1) is 0 Å². The van der Waals surface area contributed by atoms with Crippen molar-refractivity contribution in [3.63, 3.8) is 0 Å². The topological polar surface area (TPSA) is 106 Å². The second-order valence-corrected chi connectivity index (χ2v) is 7.84. The first-order valence-corrected chi connectivity index (χ1v) is 12.3. The fraction of sp³-hybridized carbons (Fsp3) is 0.385. The lowest BCUT2D eigenvalue weighted by Crippen LogP contribution is -2.24. The number of aromatic nitrogens is 5. The lowest BCUT2D eigenvalue weighted by molar-refractivity contribution is 0.460. The van der Waals surface area contributed by atoms with Crippen LogP contribution in [-0.2, 0) is 6.54 Å². The zero-order valence-corrected chi connectivity index (χ0v) is 20.7. The lowest BCUT2D eigenvalue weighted by atomic mass is 9.96. The van der Waals surface area contributed by atoms with Crippen molar-refractivity contribution < 1.29 is 4.39 Å². The summed E-state index contributed by atoms with van der Waals surface area (Å²) in [6.07, 6.45) is 8.78. The number of nitrogens with two attached hydrogens (primary N) is 1. The number of rotatable bonds is 6. The number of anilines is 2. The zero-order valence-electron chi connectivity index (χ0n) is 20.7. The number of halogens is 1. The number of hydrogen-bond donors (Lipinski definition) is 3. The maximum absolute atomic E-state index is 14.2. The molecule has 0 amide bonds.